The van der Waals surface area contributed by atoms with Crippen LogP contribution in [0, 0.1) is 18.3 Å². The summed E-state index contributed by atoms with van der Waals surface area (Å²) in [4.78, 5) is 21.2. The monoisotopic (exact) mass is 453 g/mol. The van der Waals surface area contributed by atoms with Crippen LogP contribution in [0.2, 0.25) is 0 Å². The van der Waals surface area contributed by atoms with E-state index in [0.29, 0.717) is 5.82 Å². The van der Waals surface area contributed by atoms with Gasteiger partial charge in [0.25, 0.3) is 0 Å². The Bertz CT molecular complexity index is 1390. The summed E-state index contributed by atoms with van der Waals surface area (Å²) in [5, 5.41) is 13.9. The van der Waals surface area contributed by atoms with Gasteiger partial charge in [0.05, 0.1) is 23.5 Å². The second-order valence-corrected chi connectivity index (χ2v) is 9.83. The number of benzene rings is 1. The van der Waals surface area contributed by atoms with Crippen molar-refractivity contribution in [1.29, 1.82) is 0 Å². The molecule has 2 saturated carbocycles. The van der Waals surface area contributed by atoms with E-state index in [-0.39, 0.29) is 17.3 Å². The normalized spacial score (nSPS) is 23.9. The molecule has 1 spiro atoms. The van der Waals surface area contributed by atoms with Crippen molar-refractivity contribution >= 4 is 17.4 Å². The molecule has 1 aromatic carbocycles. The van der Waals surface area contributed by atoms with Crippen LogP contribution < -0.4 is 5.73 Å². The molecule has 0 saturated heterocycles. The summed E-state index contributed by atoms with van der Waals surface area (Å²) in [7, 11) is 0. The molecule has 2 fully saturated rings. The number of nitrogen functional groups attached to an aromatic ring is 1. The zero-order valence-electron chi connectivity index (χ0n) is 19.1. The lowest BCUT2D eigenvalue weighted by atomic mass is 9.76. The number of anilines is 1. The van der Waals surface area contributed by atoms with E-state index in [0.717, 1.165) is 71.4 Å². The molecule has 3 N–H and O–H groups in total. The van der Waals surface area contributed by atoms with Gasteiger partial charge in [-0.25, -0.2) is 4.98 Å². The Balaban J connectivity index is 1.32. The topological polar surface area (TPSA) is 106 Å². The average molecular weight is 454 g/mol. The van der Waals surface area contributed by atoms with Crippen molar-refractivity contribution in [3.63, 3.8) is 0 Å². The number of nitrogens with two attached hydrogens (primary N) is 1. The Labute approximate surface area is 197 Å². The van der Waals surface area contributed by atoms with Crippen LogP contribution in [0.3, 0.4) is 0 Å². The Morgan fingerprint density at radius 3 is 2.50 bits per heavy atom. The Kier molecular flexibility index (Phi) is 4.69. The van der Waals surface area contributed by atoms with Gasteiger partial charge < -0.3 is 10.8 Å². The SMILES string of the molecule is Cc1c(C2CCC3(CC2)CC3C(=O)O)nc2c(-c3ccc(-c4ccccc4)nc3)cnn2c1N. The number of carbonyl (C=O) groups is 1. The van der Waals surface area contributed by atoms with Crippen LogP contribution in [0.1, 0.15) is 49.3 Å². The molecule has 34 heavy (non-hydrogen) atoms. The van der Waals surface area contributed by atoms with E-state index in [4.69, 9.17) is 10.7 Å². The molecule has 172 valence electrons. The molecule has 0 amide bonds. The summed E-state index contributed by atoms with van der Waals surface area (Å²) >= 11 is 0. The quantitative estimate of drug-likeness (QED) is 0.445. The molecule has 0 aliphatic heterocycles. The molecule has 2 aliphatic rings. The highest BCUT2D eigenvalue weighted by Gasteiger charge is 2.59. The number of rotatable bonds is 4. The Morgan fingerprint density at radius 2 is 1.85 bits per heavy atom. The smallest absolute Gasteiger partial charge is 0.307 e. The molecular formula is C27H27N5O2. The van der Waals surface area contributed by atoms with E-state index in [1.165, 1.54) is 0 Å². The standard InChI is InChI=1S/C27H27N5O2/c1-16-23(18-9-11-27(12-10-18)13-21(27)26(33)34)31-25-20(15-30-32(25)24(16)28)19-7-8-22(29-14-19)17-5-3-2-4-6-17/h2-8,14-15,18,21H,9-13,28H2,1H3,(H,33,34). The molecule has 6 rings (SSSR count). The lowest BCUT2D eigenvalue weighted by molar-refractivity contribution is -0.139. The number of carboxylic acids is 1. The van der Waals surface area contributed by atoms with E-state index in [2.05, 4.69) is 10.1 Å². The van der Waals surface area contributed by atoms with E-state index < -0.39 is 5.97 Å². The lowest BCUT2D eigenvalue weighted by Gasteiger charge is -2.29. The summed E-state index contributed by atoms with van der Waals surface area (Å²) < 4.78 is 1.71. The first-order chi connectivity index (χ1) is 16.5. The fourth-order valence-corrected chi connectivity index (χ4v) is 5.76. The molecular weight excluding hydrogens is 426 g/mol. The fourth-order valence-electron chi connectivity index (χ4n) is 5.76. The molecule has 1 atom stereocenters. The minimum absolute atomic E-state index is 0.0137. The van der Waals surface area contributed by atoms with Crippen LogP contribution in [0.15, 0.2) is 54.9 Å². The molecule has 7 heteroatoms. The van der Waals surface area contributed by atoms with Gasteiger partial charge in [-0.15, -0.1) is 0 Å². The lowest BCUT2D eigenvalue weighted by Crippen LogP contribution is -2.20. The van der Waals surface area contributed by atoms with Gasteiger partial charge in [0.15, 0.2) is 5.65 Å². The predicted octanol–water partition coefficient (Wildman–Crippen LogP) is 5.10. The molecule has 2 aliphatic carbocycles. The van der Waals surface area contributed by atoms with Gasteiger partial charge >= 0.3 is 5.97 Å². The van der Waals surface area contributed by atoms with Crippen molar-refractivity contribution in [2.75, 3.05) is 5.73 Å². The summed E-state index contributed by atoms with van der Waals surface area (Å²) in [5.74, 6) is 0.0848. The van der Waals surface area contributed by atoms with Crippen LogP contribution >= 0.6 is 0 Å². The van der Waals surface area contributed by atoms with E-state index in [1.807, 2.05) is 55.6 Å². The highest BCUT2D eigenvalue weighted by molar-refractivity contribution is 5.79. The number of hydrogen-bond acceptors (Lipinski definition) is 5. The van der Waals surface area contributed by atoms with Crippen LogP contribution in [-0.2, 0) is 4.79 Å². The van der Waals surface area contributed by atoms with Crippen molar-refractivity contribution in [2.45, 2.75) is 44.9 Å². The molecule has 0 radical (unpaired) electrons. The molecule has 7 nitrogen and oxygen atoms in total. The third-order valence-electron chi connectivity index (χ3n) is 7.97. The van der Waals surface area contributed by atoms with E-state index in [1.54, 1.807) is 10.7 Å². The first-order valence-corrected chi connectivity index (χ1v) is 11.9. The molecule has 3 aromatic heterocycles. The maximum absolute atomic E-state index is 11.4. The van der Waals surface area contributed by atoms with Crippen molar-refractivity contribution in [2.24, 2.45) is 11.3 Å². The van der Waals surface area contributed by atoms with Crippen molar-refractivity contribution in [1.82, 2.24) is 19.6 Å². The Hall–Kier alpha value is -3.74. The third-order valence-corrected chi connectivity index (χ3v) is 7.97. The third kappa shape index (κ3) is 3.26. The van der Waals surface area contributed by atoms with E-state index >= 15 is 0 Å². The van der Waals surface area contributed by atoms with Crippen molar-refractivity contribution in [3.05, 3.63) is 66.1 Å². The molecule has 1 unspecified atom stereocenters. The maximum Gasteiger partial charge on any atom is 0.307 e. The first kappa shape index (κ1) is 20.8. The van der Waals surface area contributed by atoms with Gasteiger partial charge in [0.1, 0.15) is 5.82 Å². The van der Waals surface area contributed by atoms with Crippen LogP contribution in [-0.4, -0.2) is 30.7 Å². The van der Waals surface area contributed by atoms with Crippen LogP contribution in [0.5, 0.6) is 0 Å². The number of aromatic nitrogens is 4. The van der Waals surface area contributed by atoms with Crippen molar-refractivity contribution in [3.8, 4) is 22.4 Å². The van der Waals surface area contributed by atoms with E-state index in [9.17, 15) is 9.90 Å². The summed E-state index contributed by atoms with van der Waals surface area (Å²) in [6, 6.07) is 14.2. The largest absolute Gasteiger partial charge is 0.481 e. The fraction of sp³-hybridized carbons (Fsp3) is 0.333. The molecule has 0 bridgehead atoms. The van der Waals surface area contributed by atoms with Gasteiger partial charge in [-0.2, -0.15) is 9.61 Å². The number of aliphatic carboxylic acids is 1. The highest BCUT2D eigenvalue weighted by atomic mass is 16.4. The highest BCUT2D eigenvalue weighted by Crippen LogP contribution is 2.63. The zero-order valence-corrected chi connectivity index (χ0v) is 19.1. The number of hydrogen-bond donors (Lipinski definition) is 2. The average Bonchev–Trinajstić information content (AvgIpc) is 3.40. The minimum atomic E-state index is -0.644. The predicted molar refractivity (Wildman–Crippen MR) is 130 cm³/mol. The summed E-state index contributed by atoms with van der Waals surface area (Å²) in [6.45, 7) is 2.01. The second kappa shape index (κ2) is 7.65. The van der Waals surface area contributed by atoms with Gasteiger partial charge in [0.2, 0.25) is 0 Å². The summed E-state index contributed by atoms with van der Waals surface area (Å²) in [5.41, 5.74) is 13.1. The van der Waals surface area contributed by atoms with Crippen molar-refractivity contribution < 1.29 is 9.90 Å². The number of nitrogens with zero attached hydrogens (tertiary/aromatic N) is 4. The van der Waals surface area contributed by atoms with Gasteiger partial charge in [-0.1, -0.05) is 36.4 Å². The number of carboxylic acid groups (broad SMARTS) is 1. The zero-order chi connectivity index (χ0) is 23.4. The first-order valence-electron chi connectivity index (χ1n) is 11.9. The number of fused-ring (bicyclic) bond motifs is 1. The Morgan fingerprint density at radius 1 is 1.09 bits per heavy atom. The van der Waals surface area contributed by atoms with Crippen LogP contribution in [0.25, 0.3) is 28.0 Å². The van der Waals surface area contributed by atoms with Crippen LogP contribution in [0.4, 0.5) is 5.82 Å². The van der Waals surface area contributed by atoms with Gasteiger partial charge in [-0.3, -0.25) is 9.78 Å². The summed E-state index contributed by atoms with van der Waals surface area (Å²) in [6.07, 6.45) is 8.27. The molecule has 4 aromatic rings. The maximum atomic E-state index is 11.4. The van der Waals surface area contributed by atoms with Gasteiger partial charge in [0, 0.05) is 34.4 Å². The number of pyridine rings is 1. The van der Waals surface area contributed by atoms with Gasteiger partial charge in [-0.05, 0) is 50.5 Å². The second-order valence-electron chi connectivity index (χ2n) is 9.83. The molecule has 3 heterocycles. The minimum Gasteiger partial charge on any atom is -0.481 e.